The molecule has 0 unspecified atom stereocenters. The van der Waals surface area contributed by atoms with Gasteiger partial charge >= 0.3 is 0 Å². The van der Waals surface area contributed by atoms with Crippen LogP contribution in [-0.2, 0) is 13.1 Å². The highest BCUT2D eigenvalue weighted by molar-refractivity contribution is 9.10. The summed E-state index contributed by atoms with van der Waals surface area (Å²) in [5.41, 5.74) is 5.28. The smallest absolute Gasteiger partial charge is 0.173 e. The fraction of sp³-hybridized carbons (Fsp3) is 0.333. The van der Waals surface area contributed by atoms with E-state index < -0.39 is 0 Å². The number of piperazine rings is 1. The number of nitrogens with one attached hydrogen (secondary N) is 1. The third-order valence-corrected chi connectivity index (χ3v) is 7.81. The second kappa shape index (κ2) is 10.7. The van der Waals surface area contributed by atoms with E-state index in [4.69, 9.17) is 40.5 Å². The van der Waals surface area contributed by atoms with Crippen molar-refractivity contribution in [1.82, 2.24) is 19.6 Å². The number of hydrogen-bond donors (Lipinski definition) is 1. The van der Waals surface area contributed by atoms with E-state index in [1.54, 1.807) is 0 Å². The highest BCUT2D eigenvalue weighted by Crippen LogP contribution is 2.25. The zero-order valence-electron chi connectivity index (χ0n) is 18.6. The fourth-order valence-electron chi connectivity index (χ4n) is 4.01. The predicted molar refractivity (Wildman–Crippen MR) is 144 cm³/mol. The Kier molecular flexibility index (Phi) is 7.97. The molecule has 3 aromatic rings. The standard InChI is InChI=1S/C24H26BrCl2N5S/c1-16-23(17(2)32(29-16)14-18-7-8-21(26)22(27)13-18)28-24(33)31-11-9-30(10-12-31)15-19-5-3-4-6-20(19)25/h3-8,13H,9-12,14-15H2,1-2H3,(H,28,33). The summed E-state index contributed by atoms with van der Waals surface area (Å²) in [6.45, 7) is 9.34. The van der Waals surface area contributed by atoms with Crippen LogP contribution in [0.25, 0.3) is 0 Å². The molecule has 2 aromatic carbocycles. The van der Waals surface area contributed by atoms with Crippen molar-refractivity contribution in [3.8, 4) is 0 Å². The van der Waals surface area contributed by atoms with Gasteiger partial charge in [-0.1, -0.05) is 63.4 Å². The Balaban J connectivity index is 1.36. The number of thiocarbonyl (C=S) groups is 1. The van der Waals surface area contributed by atoms with Crippen molar-refractivity contribution < 1.29 is 0 Å². The summed E-state index contributed by atoms with van der Waals surface area (Å²) in [4.78, 5) is 4.70. The van der Waals surface area contributed by atoms with E-state index in [-0.39, 0.29) is 0 Å². The maximum atomic E-state index is 6.17. The summed E-state index contributed by atoms with van der Waals surface area (Å²) < 4.78 is 3.13. The maximum absolute atomic E-state index is 6.17. The first-order valence-corrected chi connectivity index (χ1v) is 12.8. The molecule has 0 spiro atoms. The topological polar surface area (TPSA) is 36.3 Å². The molecule has 1 aliphatic heterocycles. The summed E-state index contributed by atoms with van der Waals surface area (Å²) in [6, 6.07) is 14.1. The SMILES string of the molecule is Cc1nn(Cc2ccc(Cl)c(Cl)c2)c(C)c1NC(=S)N1CCN(Cc2ccccc2Br)CC1. The molecule has 1 saturated heterocycles. The number of aryl methyl sites for hydroxylation is 1. The van der Waals surface area contributed by atoms with Gasteiger partial charge in [-0.15, -0.1) is 0 Å². The van der Waals surface area contributed by atoms with Crippen LogP contribution >= 0.6 is 51.3 Å². The summed E-state index contributed by atoms with van der Waals surface area (Å²) in [5, 5.41) is 10.0. The fourth-order valence-corrected chi connectivity index (χ4v) is 5.02. The van der Waals surface area contributed by atoms with Gasteiger partial charge in [0.2, 0.25) is 0 Å². The van der Waals surface area contributed by atoms with Gasteiger partial charge in [0.15, 0.2) is 5.11 Å². The average molecular weight is 567 g/mol. The van der Waals surface area contributed by atoms with Crippen molar-refractivity contribution in [3.63, 3.8) is 0 Å². The Bertz CT molecular complexity index is 1160. The first kappa shape index (κ1) is 24.5. The van der Waals surface area contributed by atoms with Gasteiger partial charge in [-0.3, -0.25) is 9.58 Å². The molecule has 1 aliphatic rings. The van der Waals surface area contributed by atoms with Crippen LogP contribution in [-0.4, -0.2) is 50.9 Å². The largest absolute Gasteiger partial charge is 0.346 e. The molecule has 1 N–H and O–H groups in total. The molecule has 1 fully saturated rings. The van der Waals surface area contributed by atoms with E-state index in [0.717, 1.165) is 64.9 Å². The van der Waals surface area contributed by atoms with E-state index in [1.807, 2.05) is 35.9 Å². The predicted octanol–water partition coefficient (Wildman–Crippen LogP) is 6.13. The molecule has 5 nitrogen and oxygen atoms in total. The molecule has 0 saturated carbocycles. The van der Waals surface area contributed by atoms with Gasteiger partial charge in [0.05, 0.1) is 33.7 Å². The van der Waals surface area contributed by atoms with E-state index in [1.165, 1.54) is 5.56 Å². The molecule has 0 amide bonds. The lowest BCUT2D eigenvalue weighted by molar-refractivity contribution is 0.176. The molecule has 2 heterocycles. The van der Waals surface area contributed by atoms with E-state index >= 15 is 0 Å². The number of aromatic nitrogens is 2. The second-order valence-corrected chi connectivity index (χ2v) is 10.3. The van der Waals surface area contributed by atoms with Gasteiger partial charge in [0.1, 0.15) is 0 Å². The summed E-state index contributed by atoms with van der Waals surface area (Å²) >= 11 is 21.6. The zero-order valence-corrected chi connectivity index (χ0v) is 22.5. The number of anilines is 1. The van der Waals surface area contributed by atoms with Crippen LogP contribution in [0.2, 0.25) is 10.0 Å². The highest BCUT2D eigenvalue weighted by Gasteiger charge is 2.21. The molecule has 9 heteroatoms. The van der Waals surface area contributed by atoms with Crippen molar-refractivity contribution >= 4 is 62.1 Å². The van der Waals surface area contributed by atoms with Gasteiger partial charge < -0.3 is 10.2 Å². The quantitative estimate of drug-likeness (QED) is 0.376. The van der Waals surface area contributed by atoms with Crippen molar-refractivity contribution in [2.24, 2.45) is 0 Å². The van der Waals surface area contributed by atoms with Crippen LogP contribution in [0, 0.1) is 13.8 Å². The lowest BCUT2D eigenvalue weighted by Crippen LogP contribution is -2.49. The number of hydrogen-bond acceptors (Lipinski definition) is 3. The first-order valence-electron chi connectivity index (χ1n) is 10.8. The minimum atomic E-state index is 0.550. The monoisotopic (exact) mass is 565 g/mol. The van der Waals surface area contributed by atoms with Crippen molar-refractivity contribution in [2.45, 2.75) is 26.9 Å². The van der Waals surface area contributed by atoms with Crippen LogP contribution < -0.4 is 5.32 Å². The van der Waals surface area contributed by atoms with Crippen LogP contribution in [0.4, 0.5) is 5.69 Å². The molecule has 33 heavy (non-hydrogen) atoms. The van der Waals surface area contributed by atoms with Gasteiger partial charge in [0, 0.05) is 37.2 Å². The van der Waals surface area contributed by atoms with Crippen LogP contribution in [0.15, 0.2) is 46.9 Å². The molecule has 0 aliphatic carbocycles. The zero-order chi connectivity index (χ0) is 23.5. The Morgan fingerprint density at radius 1 is 1.03 bits per heavy atom. The van der Waals surface area contributed by atoms with Crippen LogP contribution in [0.1, 0.15) is 22.5 Å². The third-order valence-electron chi connectivity index (χ3n) is 5.94. The normalized spacial score (nSPS) is 14.5. The van der Waals surface area contributed by atoms with Crippen molar-refractivity contribution in [3.05, 3.63) is 79.5 Å². The molecule has 174 valence electrons. The number of nitrogens with zero attached hydrogens (tertiary/aromatic N) is 4. The molecule has 0 radical (unpaired) electrons. The number of halogens is 3. The van der Waals surface area contributed by atoms with Crippen LogP contribution in [0.3, 0.4) is 0 Å². The van der Waals surface area contributed by atoms with Crippen molar-refractivity contribution in [1.29, 1.82) is 0 Å². The summed E-state index contributed by atoms with van der Waals surface area (Å²) in [6.07, 6.45) is 0. The Labute approximate surface area is 218 Å². The molecule has 0 atom stereocenters. The number of rotatable bonds is 5. The second-order valence-electron chi connectivity index (χ2n) is 8.24. The van der Waals surface area contributed by atoms with Crippen molar-refractivity contribution in [2.75, 3.05) is 31.5 Å². The average Bonchev–Trinajstić information content (AvgIpc) is 3.05. The molecule has 0 bridgehead atoms. The Morgan fingerprint density at radius 3 is 2.45 bits per heavy atom. The number of benzene rings is 2. The van der Waals surface area contributed by atoms with E-state index in [9.17, 15) is 0 Å². The molecular formula is C24H26BrCl2N5S. The Hall–Kier alpha value is -1.64. The highest BCUT2D eigenvalue weighted by atomic mass is 79.9. The van der Waals surface area contributed by atoms with Crippen LogP contribution in [0.5, 0.6) is 0 Å². The summed E-state index contributed by atoms with van der Waals surface area (Å²) in [5.74, 6) is 0. The molecule has 4 rings (SSSR count). The van der Waals surface area contributed by atoms with Gasteiger partial charge in [-0.2, -0.15) is 5.10 Å². The minimum absolute atomic E-state index is 0.550. The lowest BCUT2D eigenvalue weighted by atomic mass is 10.2. The Morgan fingerprint density at radius 2 is 1.76 bits per heavy atom. The maximum Gasteiger partial charge on any atom is 0.173 e. The molecule has 1 aromatic heterocycles. The summed E-state index contributed by atoms with van der Waals surface area (Å²) in [7, 11) is 0. The molecular weight excluding hydrogens is 541 g/mol. The van der Waals surface area contributed by atoms with E-state index in [2.05, 4.69) is 56.2 Å². The van der Waals surface area contributed by atoms with Gasteiger partial charge in [-0.25, -0.2) is 0 Å². The van der Waals surface area contributed by atoms with E-state index in [0.29, 0.717) is 16.6 Å². The third kappa shape index (κ3) is 5.89. The van der Waals surface area contributed by atoms with Gasteiger partial charge in [-0.05, 0) is 55.4 Å². The van der Waals surface area contributed by atoms with Gasteiger partial charge in [0.25, 0.3) is 0 Å². The minimum Gasteiger partial charge on any atom is -0.346 e. The lowest BCUT2D eigenvalue weighted by Gasteiger charge is -2.36. The first-order chi connectivity index (χ1) is 15.8.